The van der Waals surface area contributed by atoms with Gasteiger partial charge in [-0.1, -0.05) is 18.2 Å². The van der Waals surface area contributed by atoms with Crippen LogP contribution in [0, 0.1) is 5.82 Å². The summed E-state index contributed by atoms with van der Waals surface area (Å²) in [5, 5.41) is 3.45. The second-order valence-electron chi connectivity index (χ2n) is 9.03. The van der Waals surface area contributed by atoms with Gasteiger partial charge in [0.2, 0.25) is 5.95 Å². The van der Waals surface area contributed by atoms with E-state index in [0.29, 0.717) is 48.4 Å². The third-order valence-corrected chi connectivity index (χ3v) is 6.64. The molecule has 182 valence electrons. The minimum absolute atomic E-state index is 0.0871. The number of carbonyl (C=O) groups is 1. The van der Waals surface area contributed by atoms with Crippen molar-refractivity contribution in [3.8, 4) is 11.5 Å². The van der Waals surface area contributed by atoms with Crippen molar-refractivity contribution in [2.45, 2.75) is 31.7 Å². The van der Waals surface area contributed by atoms with Crippen molar-refractivity contribution in [1.82, 2.24) is 15.0 Å². The lowest BCUT2D eigenvalue weighted by Gasteiger charge is -2.24. The highest BCUT2D eigenvalue weighted by atomic mass is 19.1. The van der Waals surface area contributed by atoms with E-state index in [4.69, 9.17) is 9.47 Å². The molecule has 0 saturated heterocycles. The number of fused-ring (bicyclic) bond motifs is 4. The first kappa shape index (κ1) is 22.2. The van der Waals surface area contributed by atoms with Gasteiger partial charge in [-0.2, -0.15) is 4.98 Å². The standard InChI is InChI=1S/C27H23FN4O4/c28-18-5-3-16(4-6-18)17-11-19-20(21(33)12-17)14-29-25-24(19)26(34)32-27(31-25)30-13-15-2-7-22-23(10-15)36-9-1-8-35-22/h2-7,10,14,17H,1,8-9,11-13H2,(H2,29,30,31,32,34). The SMILES string of the molecule is O=C1CC(c2ccc(F)cc2)Cc2c1cnc1nc(NCc3ccc4c(c3)OCCCO4)[nH]c(=O)c21. The van der Waals surface area contributed by atoms with Crippen molar-refractivity contribution < 1.29 is 18.7 Å². The molecule has 2 aromatic heterocycles. The molecule has 0 fully saturated rings. The van der Waals surface area contributed by atoms with Gasteiger partial charge in [-0.25, -0.2) is 9.37 Å². The van der Waals surface area contributed by atoms with Crippen molar-refractivity contribution in [2.75, 3.05) is 18.5 Å². The van der Waals surface area contributed by atoms with Crippen molar-refractivity contribution >= 4 is 22.8 Å². The number of carbonyl (C=O) groups excluding carboxylic acids is 1. The van der Waals surface area contributed by atoms with Gasteiger partial charge in [-0.05, 0) is 53.3 Å². The number of hydrogen-bond acceptors (Lipinski definition) is 7. The number of anilines is 1. The molecule has 2 N–H and O–H groups in total. The van der Waals surface area contributed by atoms with Gasteiger partial charge in [0.15, 0.2) is 22.9 Å². The average Bonchev–Trinajstić information content (AvgIpc) is 3.12. The first-order valence-corrected chi connectivity index (χ1v) is 11.9. The van der Waals surface area contributed by atoms with Crippen LogP contribution in [-0.4, -0.2) is 33.9 Å². The van der Waals surface area contributed by atoms with Crippen molar-refractivity contribution in [3.63, 3.8) is 0 Å². The molecule has 3 heterocycles. The highest BCUT2D eigenvalue weighted by molar-refractivity contribution is 6.02. The molecule has 1 aliphatic heterocycles. The monoisotopic (exact) mass is 486 g/mol. The minimum Gasteiger partial charge on any atom is -0.490 e. The molecule has 2 aromatic carbocycles. The quantitative estimate of drug-likeness (QED) is 0.447. The Morgan fingerprint density at radius 3 is 2.67 bits per heavy atom. The number of nitrogens with zero attached hydrogens (tertiary/aromatic N) is 2. The van der Waals surface area contributed by atoms with Crippen molar-refractivity contribution in [1.29, 1.82) is 0 Å². The van der Waals surface area contributed by atoms with Crippen LogP contribution in [0.15, 0.2) is 53.5 Å². The fraction of sp³-hybridized carbons (Fsp3) is 0.259. The molecule has 0 amide bonds. The summed E-state index contributed by atoms with van der Waals surface area (Å²) in [6.07, 6.45) is 3.09. The van der Waals surface area contributed by atoms with E-state index in [0.717, 1.165) is 23.3 Å². The summed E-state index contributed by atoms with van der Waals surface area (Å²) in [5.41, 5.74) is 2.78. The third-order valence-electron chi connectivity index (χ3n) is 6.64. The van der Waals surface area contributed by atoms with Gasteiger partial charge < -0.3 is 14.8 Å². The number of hydrogen-bond donors (Lipinski definition) is 2. The Morgan fingerprint density at radius 1 is 1.03 bits per heavy atom. The summed E-state index contributed by atoms with van der Waals surface area (Å²) in [7, 11) is 0. The van der Waals surface area contributed by atoms with Crippen LogP contribution in [0.25, 0.3) is 11.0 Å². The van der Waals surface area contributed by atoms with Gasteiger partial charge in [0, 0.05) is 31.1 Å². The molecule has 6 rings (SSSR count). The number of nitrogens with one attached hydrogen (secondary N) is 2. The number of rotatable bonds is 4. The number of pyridine rings is 1. The number of benzene rings is 2. The van der Waals surface area contributed by atoms with Crippen LogP contribution in [-0.2, 0) is 13.0 Å². The molecule has 1 aliphatic carbocycles. The van der Waals surface area contributed by atoms with Crippen LogP contribution < -0.4 is 20.3 Å². The lowest BCUT2D eigenvalue weighted by Crippen LogP contribution is -2.23. The molecule has 0 radical (unpaired) electrons. The molecule has 1 atom stereocenters. The lowest BCUT2D eigenvalue weighted by atomic mass is 9.79. The summed E-state index contributed by atoms with van der Waals surface area (Å²) >= 11 is 0. The minimum atomic E-state index is -0.363. The number of aromatic amines is 1. The zero-order valence-electron chi connectivity index (χ0n) is 19.3. The van der Waals surface area contributed by atoms with Gasteiger partial charge in [0.25, 0.3) is 5.56 Å². The van der Waals surface area contributed by atoms with Crippen LogP contribution in [0.5, 0.6) is 11.5 Å². The summed E-state index contributed by atoms with van der Waals surface area (Å²) in [5.74, 6) is 1.13. The Hall–Kier alpha value is -4.27. The second-order valence-corrected chi connectivity index (χ2v) is 9.03. The van der Waals surface area contributed by atoms with Gasteiger partial charge >= 0.3 is 0 Å². The number of aromatic nitrogens is 3. The average molecular weight is 487 g/mol. The van der Waals surface area contributed by atoms with Crippen LogP contribution in [0.1, 0.15) is 45.8 Å². The van der Waals surface area contributed by atoms with E-state index in [9.17, 15) is 14.0 Å². The summed E-state index contributed by atoms with van der Waals surface area (Å²) in [4.78, 5) is 37.6. The zero-order valence-corrected chi connectivity index (χ0v) is 19.3. The number of ketones is 1. The number of Topliss-reactive ketones (excluding diaryl/α,β-unsaturated/α-hetero) is 1. The van der Waals surface area contributed by atoms with Crippen molar-refractivity contribution in [2.24, 2.45) is 0 Å². The number of ether oxygens (including phenoxy) is 2. The molecule has 2 aliphatic rings. The van der Waals surface area contributed by atoms with E-state index in [1.165, 1.54) is 18.3 Å². The predicted octanol–water partition coefficient (Wildman–Crippen LogP) is 4.14. The Morgan fingerprint density at radius 2 is 1.83 bits per heavy atom. The van der Waals surface area contributed by atoms with Gasteiger partial charge in [-0.3, -0.25) is 14.6 Å². The lowest BCUT2D eigenvalue weighted by molar-refractivity contribution is 0.0964. The zero-order chi connectivity index (χ0) is 24.6. The first-order valence-electron chi connectivity index (χ1n) is 11.9. The Labute approximate surface area is 205 Å². The summed E-state index contributed by atoms with van der Waals surface area (Å²) in [6, 6.07) is 11.8. The highest BCUT2D eigenvalue weighted by Crippen LogP contribution is 2.35. The summed E-state index contributed by atoms with van der Waals surface area (Å²) < 4.78 is 24.8. The van der Waals surface area contributed by atoms with Crippen molar-refractivity contribution in [3.05, 3.63) is 87.1 Å². The molecular weight excluding hydrogens is 463 g/mol. The fourth-order valence-electron chi connectivity index (χ4n) is 4.83. The maximum Gasteiger partial charge on any atom is 0.262 e. The molecule has 0 spiro atoms. The van der Waals surface area contributed by atoms with Gasteiger partial charge in [0.1, 0.15) is 5.82 Å². The maximum absolute atomic E-state index is 13.4. The Balaban J connectivity index is 1.28. The Kier molecular flexibility index (Phi) is 5.59. The number of halogens is 1. The molecule has 4 aromatic rings. The van der Waals surface area contributed by atoms with Crippen LogP contribution in [0.4, 0.5) is 10.3 Å². The van der Waals surface area contributed by atoms with Gasteiger partial charge in [-0.15, -0.1) is 0 Å². The van der Waals surface area contributed by atoms with Crippen LogP contribution in [0.2, 0.25) is 0 Å². The molecule has 9 heteroatoms. The predicted molar refractivity (Wildman–Crippen MR) is 131 cm³/mol. The second kappa shape index (κ2) is 9.07. The first-order chi connectivity index (χ1) is 17.5. The molecule has 0 saturated carbocycles. The van der Waals surface area contributed by atoms with E-state index in [1.54, 1.807) is 12.1 Å². The highest BCUT2D eigenvalue weighted by Gasteiger charge is 2.29. The fourth-order valence-corrected chi connectivity index (χ4v) is 4.83. The Bertz CT molecular complexity index is 1530. The molecule has 8 nitrogen and oxygen atoms in total. The van der Waals surface area contributed by atoms with Crippen LogP contribution >= 0.6 is 0 Å². The van der Waals surface area contributed by atoms with E-state index >= 15 is 0 Å². The maximum atomic E-state index is 13.4. The summed E-state index contributed by atoms with van der Waals surface area (Å²) in [6.45, 7) is 1.63. The molecule has 1 unspecified atom stereocenters. The number of H-pyrrole nitrogens is 1. The smallest absolute Gasteiger partial charge is 0.262 e. The molecular formula is C27H23FN4O4. The topological polar surface area (TPSA) is 106 Å². The van der Waals surface area contributed by atoms with E-state index in [-0.39, 0.29) is 41.1 Å². The third kappa shape index (κ3) is 4.17. The van der Waals surface area contributed by atoms with E-state index in [1.807, 2.05) is 18.2 Å². The molecule has 36 heavy (non-hydrogen) atoms. The normalized spacial score (nSPS) is 16.9. The van der Waals surface area contributed by atoms with E-state index < -0.39 is 0 Å². The largest absolute Gasteiger partial charge is 0.490 e. The van der Waals surface area contributed by atoms with E-state index in [2.05, 4.69) is 20.3 Å². The van der Waals surface area contributed by atoms with Gasteiger partial charge in [0.05, 0.1) is 18.6 Å². The molecule has 0 bridgehead atoms. The van der Waals surface area contributed by atoms with Crippen LogP contribution in [0.3, 0.4) is 0 Å².